The lowest BCUT2D eigenvalue weighted by molar-refractivity contribution is -0.141. The van der Waals surface area contributed by atoms with Gasteiger partial charge in [0, 0.05) is 19.6 Å². The Hall–Kier alpha value is -1.26. The Morgan fingerprint density at radius 3 is 2.39 bits per heavy atom. The van der Waals surface area contributed by atoms with E-state index in [0.717, 1.165) is 19.3 Å². The lowest BCUT2D eigenvalue weighted by Crippen LogP contribution is -2.44. The third-order valence-corrected chi connectivity index (χ3v) is 2.93. The molecule has 5 nitrogen and oxygen atoms in total. The second-order valence-electron chi connectivity index (χ2n) is 4.97. The molecule has 0 saturated carbocycles. The summed E-state index contributed by atoms with van der Waals surface area (Å²) in [4.78, 5) is 23.9. The molecule has 2 atom stereocenters. The number of unbranched alkanes of at least 4 members (excludes halogenated alkanes) is 2. The van der Waals surface area contributed by atoms with Crippen LogP contribution < -0.4 is 5.32 Å². The Labute approximate surface area is 110 Å². The highest BCUT2D eigenvalue weighted by Gasteiger charge is 2.18. The third-order valence-electron chi connectivity index (χ3n) is 2.93. The van der Waals surface area contributed by atoms with Gasteiger partial charge in [-0.25, -0.2) is 4.79 Å². The first-order valence-electron chi connectivity index (χ1n) is 6.62. The normalized spacial score (nSPS) is 13.8. The van der Waals surface area contributed by atoms with Gasteiger partial charge < -0.3 is 15.3 Å². The molecule has 2 N–H and O–H groups in total. The van der Waals surface area contributed by atoms with Crippen LogP contribution in [-0.4, -0.2) is 41.6 Å². The molecule has 0 aromatic rings. The molecule has 0 aromatic carbocycles. The summed E-state index contributed by atoms with van der Waals surface area (Å²) in [6, 6.07) is -0.0706. The van der Waals surface area contributed by atoms with E-state index in [1.54, 1.807) is 14.0 Å². The van der Waals surface area contributed by atoms with Crippen molar-refractivity contribution in [3.05, 3.63) is 0 Å². The smallest absolute Gasteiger partial charge is 0.317 e. The highest BCUT2D eigenvalue weighted by molar-refractivity contribution is 5.75. The maximum Gasteiger partial charge on any atom is 0.317 e. The predicted octanol–water partition coefficient (Wildman–Crippen LogP) is 2.32. The number of hydrogen-bond acceptors (Lipinski definition) is 2. The first-order valence-corrected chi connectivity index (χ1v) is 6.62. The van der Waals surface area contributed by atoms with Crippen LogP contribution in [0.3, 0.4) is 0 Å². The van der Waals surface area contributed by atoms with Crippen LogP contribution in [0.4, 0.5) is 4.79 Å². The molecular formula is C13H26N2O3. The minimum Gasteiger partial charge on any atom is -0.481 e. The lowest BCUT2D eigenvalue weighted by atomic mass is 10.1. The summed E-state index contributed by atoms with van der Waals surface area (Å²) in [6.45, 7) is 5.94. The quantitative estimate of drug-likeness (QED) is 0.656. The molecular weight excluding hydrogens is 232 g/mol. The van der Waals surface area contributed by atoms with Gasteiger partial charge in [0.15, 0.2) is 0 Å². The van der Waals surface area contributed by atoms with Gasteiger partial charge >= 0.3 is 12.0 Å². The van der Waals surface area contributed by atoms with Gasteiger partial charge in [0.1, 0.15) is 0 Å². The molecule has 2 unspecified atom stereocenters. The molecule has 0 saturated heterocycles. The minimum absolute atomic E-state index is 0.131. The van der Waals surface area contributed by atoms with Crippen LogP contribution in [0.1, 0.15) is 46.5 Å². The Balaban J connectivity index is 3.96. The van der Waals surface area contributed by atoms with Crippen LogP contribution >= 0.6 is 0 Å². The molecule has 0 spiro atoms. The Morgan fingerprint density at radius 1 is 1.28 bits per heavy atom. The maximum atomic E-state index is 11.8. The molecule has 0 bridgehead atoms. The number of amides is 2. The number of nitrogens with zero attached hydrogens (tertiary/aromatic N) is 1. The molecule has 5 heteroatoms. The second-order valence-corrected chi connectivity index (χ2v) is 4.97. The zero-order chi connectivity index (χ0) is 14.1. The van der Waals surface area contributed by atoms with Crippen molar-refractivity contribution in [3.8, 4) is 0 Å². The van der Waals surface area contributed by atoms with Crippen molar-refractivity contribution in [2.24, 2.45) is 5.92 Å². The number of rotatable bonds is 8. The van der Waals surface area contributed by atoms with Crippen molar-refractivity contribution >= 4 is 12.0 Å². The molecule has 0 aliphatic heterocycles. The van der Waals surface area contributed by atoms with Crippen LogP contribution in [0.2, 0.25) is 0 Å². The van der Waals surface area contributed by atoms with Crippen molar-refractivity contribution in [2.75, 3.05) is 13.6 Å². The van der Waals surface area contributed by atoms with Crippen molar-refractivity contribution < 1.29 is 14.7 Å². The molecule has 106 valence electrons. The number of carbonyl (C=O) groups excluding carboxylic acids is 1. The minimum atomic E-state index is -0.884. The van der Waals surface area contributed by atoms with Gasteiger partial charge in [0.2, 0.25) is 0 Å². The fourth-order valence-electron chi connectivity index (χ4n) is 1.67. The monoisotopic (exact) mass is 258 g/mol. The Bertz CT molecular complexity index is 269. The van der Waals surface area contributed by atoms with Gasteiger partial charge in [-0.2, -0.15) is 0 Å². The maximum absolute atomic E-state index is 11.8. The standard InChI is InChI=1S/C13H26N2O3/c1-5-6-7-8-11(3)14-13(18)15(4)9-10(2)12(16)17/h10-11H,5-9H2,1-4H3,(H,14,18)(H,16,17). The fourth-order valence-corrected chi connectivity index (χ4v) is 1.67. The molecule has 18 heavy (non-hydrogen) atoms. The van der Waals surface area contributed by atoms with Crippen LogP contribution in [0.25, 0.3) is 0 Å². The van der Waals surface area contributed by atoms with Gasteiger partial charge in [0.05, 0.1) is 5.92 Å². The summed E-state index contributed by atoms with van der Waals surface area (Å²) < 4.78 is 0. The van der Waals surface area contributed by atoms with Gasteiger partial charge in [-0.15, -0.1) is 0 Å². The van der Waals surface area contributed by atoms with E-state index in [2.05, 4.69) is 12.2 Å². The summed E-state index contributed by atoms with van der Waals surface area (Å²) in [6.07, 6.45) is 4.40. The van der Waals surface area contributed by atoms with E-state index in [0.29, 0.717) is 0 Å². The zero-order valence-corrected chi connectivity index (χ0v) is 11.9. The largest absolute Gasteiger partial charge is 0.481 e. The second kappa shape index (κ2) is 8.78. The van der Waals surface area contributed by atoms with Crippen molar-refractivity contribution in [2.45, 2.75) is 52.5 Å². The molecule has 2 amide bonds. The highest BCUT2D eigenvalue weighted by Crippen LogP contribution is 2.04. The number of hydrogen-bond donors (Lipinski definition) is 2. The summed E-state index contributed by atoms with van der Waals surface area (Å²) in [5.41, 5.74) is 0. The SMILES string of the molecule is CCCCCC(C)NC(=O)N(C)CC(C)C(=O)O. The Morgan fingerprint density at radius 2 is 1.89 bits per heavy atom. The average Bonchev–Trinajstić information content (AvgIpc) is 2.28. The van der Waals surface area contributed by atoms with Crippen LogP contribution in [-0.2, 0) is 4.79 Å². The molecule has 0 rings (SSSR count). The van der Waals surface area contributed by atoms with Gasteiger partial charge in [-0.05, 0) is 13.3 Å². The first-order chi connectivity index (χ1) is 8.38. The number of carboxylic acids is 1. The molecule has 0 radical (unpaired) electrons. The van der Waals surface area contributed by atoms with E-state index in [4.69, 9.17) is 5.11 Å². The predicted molar refractivity (Wildman–Crippen MR) is 71.6 cm³/mol. The fraction of sp³-hybridized carbons (Fsp3) is 0.846. The summed E-state index contributed by atoms with van der Waals surface area (Å²) >= 11 is 0. The summed E-state index contributed by atoms with van der Waals surface area (Å²) in [5, 5.41) is 11.7. The molecule has 0 aliphatic rings. The lowest BCUT2D eigenvalue weighted by Gasteiger charge is -2.22. The van der Waals surface area contributed by atoms with Gasteiger partial charge in [0.25, 0.3) is 0 Å². The third kappa shape index (κ3) is 7.14. The van der Waals surface area contributed by atoms with Gasteiger partial charge in [-0.3, -0.25) is 4.79 Å². The molecule has 0 heterocycles. The Kier molecular flexibility index (Phi) is 8.16. The molecule has 0 fully saturated rings. The number of nitrogens with one attached hydrogen (secondary N) is 1. The van der Waals surface area contributed by atoms with E-state index in [1.165, 1.54) is 11.3 Å². The van der Waals surface area contributed by atoms with Crippen LogP contribution in [0.5, 0.6) is 0 Å². The first kappa shape index (κ1) is 16.7. The van der Waals surface area contributed by atoms with Crippen molar-refractivity contribution in [1.82, 2.24) is 10.2 Å². The van der Waals surface area contributed by atoms with E-state index in [9.17, 15) is 9.59 Å². The van der Waals surface area contributed by atoms with E-state index >= 15 is 0 Å². The number of aliphatic carboxylic acids is 1. The van der Waals surface area contributed by atoms with E-state index < -0.39 is 11.9 Å². The summed E-state index contributed by atoms with van der Waals surface area (Å²) in [5.74, 6) is -1.43. The topological polar surface area (TPSA) is 69.6 Å². The van der Waals surface area contributed by atoms with Crippen molar-refractivity contribution in [1.29, 1.82) is 0 Å². The van der Waals surface area contributed by atoms with Gasteiger partial charge in [-0.1, -0.05) is 33.1 Å². The van der Waals surface area contributed by atoms with E-state index in [-0.39, 0.29) is 18.6 Å². The molecule has 0 aliphatic carbocycles. The zero-order valence-electron chi connectivity index (χ0n) is 11.9. The van der Waals surface area contributed by atoms with Crippen LogP contribution in [0, 0.1) is 5.92 Å². The molecule has 0 aromatic heterocycles. The summed E-state index contributed by atoms with van der Waals surface area (Å²) in [7, 11) is 1.62. The average molecular weight is 258 g/mol. The van der Waals surface area contributed by atoms with Crippen molar-refractivity contribution in [3.63, 3.8) is 0 Å². The van der Waals surface area contributed by atoms with Crippen LogP contribution in [0.15, 0.2) is 0 Å². The highest BCUT2D eigenvalue weighted by atomic mass is 16.4. The number of carbonyl (C=O) groups is 2. The number of carboxylic acid groups (broad SMARTS) is 1. The number of urea groups is 1. The van der Waals surface area contributed by atoms with E-state index in [1.807, 2.05) is 6.92 Å².